The Labute approximate surface area is 151 Å². The van der Waals surface area contributed by atoms with Crippen LogP contribution in [0.1, 0.15) is 43.0 Å². The summed E-state index contributed by atoms with van der Waals surface area (Å²) in [4.78, 5) is 19.7. The molecule has 1 heterocycles. The Kier molecular flexibility index (Phi) is 6.88. The first-order valence-electron chi connectivity index (χ1n) is 8.20. The Bertz CT molecular complexity index is 742. The van der Waals surface area contributed by atoms with Crippen LogP contribution in [0.15, 0.2) is 34.6 Å². The van der Waals surface area contributed by atoms with Gasteiger partial charge in [-0.1, -0.05) is 32.0 Å². The van der Waals surface area contributed by atoms with E-state index in [0.29, 0.717) is 30.5 Å². The first-order valence-corrected chi connectivity index (χ1v) is 9.08. The van der Waals surface area contributed by atoms with Gasteiger partial charge in [0, 0.05) is 18.0 Å². The van der Waals surface area contributed by atoms with Crippen LogP contribution in [-0.2, 0) is 13.1 Å². The van der Waals surface area contributed by atoms with Crippen LogP contribution in [0.3, 0.4) is 0 Å². The number of nitro benzene ring substituents is 1. The molecule has 8 heteroatoms. The van der Waals surface area contributed by atoms with Crippen LogP contribution in [0.5, 0.6) is 0 Å². The van der Waals surface area contributed by atoms with Gasteiger partial charge in [-0.05, 0) is 12.8 Å². The fourth-order valence-corrected chi connectivity index (χ4v) is 3.05. The summed E-state index contributed by atoms with van der Waals surface area (Å²) in [6.07, 6.45) is 0. The minimum atomic E-state index is -0.381. The van der Waals surface area contributed by atoms with Gasteiger partial charge >= 0.3 is 0 Å². The number of hydrogen-bond acceptors (Lipinski definition) is 5. The number of nitrogens with one attached hydrogen (secondary N) is 2. The monoisotopic (exact) mass is 361 g/mol. The minimum absolute atomic E-state index is 0.0867. The van der Waals surface area contributed by atoms with E-state index in [9.17, 15) is 10.1 Å². The second-order valence-electron chi connectivity index (χ2n) is 5.76. The smallest absolute Gasteiger partial charge is 0.274 e. The van der Waals surface area contributed by atoms with Gasteiger partial charge in [0.2, 0.25) is 0 Å². The van der Waals surface area contributed by atoms with Crippen LogP contribution in [0.4, 0.5) is 5.69 Å². The Morgan fingerprint density at radius 1 is 1.36 bits per heavy atom. The van der Waals surface area contributed by atoms with Crippen LogP contribution in [0, 0.1) is 10.1 Å². The maximum Gasteiger partial charge on any atom is 0.274 e. The Hall–Kier alpha value is -2.48. The molecule has 134 valence electrons. The number of nitro groups is 1. The lowest BCUT2D eigenvalue weighted by Crippen LogP contribution is -2.36. The Morgan fingerprint density at radius 3 is 2.76 bits per heavy atom. The van der Waals surface area contributed by atoms with Gasteiger partial charge < -0.3 is 10.6 Å². The zero-order valence-corrected chi connectivity index (χ0v) is 15.5. The van der Waals surface area contributed by atoms with Crippen molar-refractivity contribution in [2.24, 2.45) is 4.99 Å². The van der Waals surface area contributed by atoms with Gasteiger partial charge in [0.1, 0.15) is 5.01 Å². The molecule has 0 aliphatic rings. The minimum Gasteiger partial charge on any atom is -0.357 e. The average molecular weight is 361 g/mol. The number of para-hydroxylation sites is 1. The quantitative estimate of drug-likeness (QED) is 0.341. The fraction of sp³-hybridized carbons (Fsp3) is 0.412. The maximum atomic E-state index is 11.1. The molecule has 1 aromatic carbocycles. The van der Waals surface area contributed by atoms with E-state index >= 15 is 0 Å². The van der Waals surface area contributed by atoms with Crippen LogP contribution >= 0.6 is 11.3 Å². The second-order valence-corrected chi connectivity index (χ2v) is 6.70. The summed E-state index contributed by atoms with van der Waals surface area (Å²) < 4.78 is 0. The molecule has 7 nitrogen and oxygen atoms in total. The summed E-state index contributed by atoms with van der Waals surface area (Å²) in [6, 6.07) is 6.65. The van der Waals surface area contributed by atoms with Crippen LogP contribution in [-0.4, -0.2) is 22.4 Å². The molecular formula is C17H23N5O2S. The number of aliphatic imine (C=N–C) groups is 1. The highest BCUT2D eigenvalue weighted by atomic mass is 32.1. The predicted molar refractivity (Wildman–Crippen MR) is 101 cm³/mol. The molecule has 0 atom stereocenters. The van der Waals surface area contributed by atoms with Crippen molar-refractivity contribution in [3.8, 4) is 0 Å². The third kappa shape index (κ3) is 5.53. The highest BCUT2D eigenvalue weighted by Gasteiger charge is 2.12. The standard InChI is InChI=1S/C17H23N5O2S/c1-4-18-17(20-10-16-21-14(11-25-16)12(2)3)19-9-13-7-5-6-8-15(13)22(23)24/h5-8,11-12H,4,9-10H2,1-3H3,(H2,18,19,20). The zero-order valence-electron chi connectivity index (χ0n) is 14.7. The largest absolute Gasteiger partial charge is 0.357 e. The summed E-state index contributed by atoms with van der Waals surface area (Å²) in [5.41, 5.74) is 1.76. The first kappa shape index (κ1) is 18.9. The first-order chi connectivity index (χ1) is 12.0. The SMILES string of the molecule is CCNC(=NCc1ccccc1[N+](=O)[O-])NCc1nc(C(C)C)cs1. The summed E-state index contributed by atoms with van der Waals surface area (Å²) in [5, 5.41) is 20.5. The van der Waals surface area contributed by atoms with Crippen molar-refractivity contribution in [1.29, 1.82) is 0 Å². The number of rotatable bonds is 7. The molecule has 0 amide bonds. The third-order valence-corrected chi connectivity index (χ3v) is 4.38. The third-order valence-electron chi connectivity index (χ3n) is 3.51. The Balaban J connectivity index is 2.04. The number of nitrogens with zero attached hydrogens (tertiary/aromatic N) is 3. The Morgan fingerprint density at radius 2 is 2.12 bits per heavy atom. The molecule has 25 heavy (non-hydrogen) atoms. The lowest BCUT2D eigenvalue weighted by atomic mass is 10.2. The molecule has 0 saturated carbocycles. The average Bonchev–Trinajstić information content (AvgIpc) is 3.07. The number of guanidine groups is 1. The van der Waals surface area contributed by atoms with Crippen LogP contribution in [0.25, 0.3) is 0 Å². The van der Waals surface area contributed by atoms with Crippen molar-refractivity contribution in [2.75, 3.05) is 6.54 Å². The van der Waals surface area contributed by atoms with Crippen molar-refractivity contribution in [2.45, 2.75) is 39.8 Å². The molecule has 2 rings (SSSR count). The van der Waals surface area contributed by atoms with Gasteiger partial charge in [-0.25, -0.2) is 9.98 Å². The number of hydrogen-bond donors (Lipinski definition) is 2. The van der Waals surface area contributed by atoms with E-state index in [1.54, 1.807) is 29.5 Å². The van der Waals surface area contributed by atoms with E-state index in [1.807, 2.05) is 6.92 Å². The molecule has 0 fully saturated rings. The van der Waals surface area contributed by atoms with Gasteiger partial charge in [-0.3, -0.25) is 10.1 Å². The molecule has 0 aliphatic carbocycles. The van der Waals surface area contributed by atoms with E-state index in [-0.39, 0.29) is 17.2 Å². The molecule has 0 radical (unpaired) electrons. The summed E-state index contributed by atoms with van der Waals surface area (Å²) in [7, 11) is 0. The topological polar surface area (TPSA) is 92.5 Å². The molecular weight excluding hydrogens is 338 g/mol. The number of benzene rings is 1. The summed E-state index contributed by atoms with van der Waals surface area (Å²) >= 11 is 1.61. The van der Waals surface area contributed by atoms with Crippen molar-refractivity contribution in [3.05, 3.63) is 56.0 Å². The lowest BCUT2D eigenvalue weighted by Gasteiger charge is -2.10. The van der Waals surface area contributed by atoms with Crippen molar-refractivity contribution < 1.29 is 4.92 Å². The highest BCUT2D eigenvalue weighted by molar-refractivity contribution is 7.09. The van der Waals surface area contributed by atoms with E-state index in [2.05, 4.69) is 39.8 Å². The summed E-state index contributed by atoms with van der Waals surface area (Å²) in [5.74, 6) is 1.02. The predicted octanol–water partition coefficient (Wildman–Crippen LogP) is 3.43. The van der Waals surface area contributed by atoms with Gasteiger partial charge in [0.05, 0.1) is 29.3 Å². The molecule has 2 N–H and O–H groups in total. The van der Waals surface area contributed by atoms with Crippen molar-refractivity contribution >= 4 is 23.0 Å². The molecule has 2 aromatic rings. The van der Waals surface area contributed by atoms with Crippen LogP contribution in [0.2, 0.25) is 0 Å². The fourth-order valence-electron chi connectivity index (χ4n) is 2.16. The number of aromatic nitrogens is 1. The van der Waals surface area contributed by atoms with Gasteiger partial charge in [-0.2, -0.15) is 0 Å². The van der Waals surface area contributed by atoms with Gasteiger partial charge in [0.15, 0.2) is 5.96 Å². The molecule has 1 aromatic heterocycles. The van der Waals surface area contributed by atoms with Gasteiger partial charge in [0.25, 0.3) is 5.69 Å². The zero-order chi connectivity index (χ0) is 18.2. The molecule has 0 unspecified atom stereocenters. The molecule has 0 aliphatic heterocycles. The van der Waals surface area contributed by atoms with Gasteiger partial charge in [-0.15, -0.1) is 11.3 Å². The molecule has 0 saturated heterocycles. The highest BCUT2D eigenvalue weighted by Crippen LogP contribution is 2.19. The molecule has 0 bridgehead atoms. The van der Waals surface area contributed by atoms with E-state index in [4.69, 9.17) is 0 Å². The van der Waals surface area contributed by atoms with E-state index < -0.39 is 0 Å². The van der Waals surface area contributed by atoms with E-state index in [1.165, 1.54) is 6.07 Å². The van der Waals surface area contributed by atoms with Crippen LogP contribution < -0.4 is 10.6 Å². The normalized spacial score (nSPS) is 11.6. The lowest BCUT2D eigenvalue weighted by molar-refractivity contribution is -0.385. The summed E-state index contributed by atoms with van der Waals surface area (Å²) in [6.45, 7) is 7.72. The van der Waals surface area contributed by atoms with Crippen molar-refractivity contribution in [1.82, 2.24) is 15.6 Å². The van der Waals surface area contributed by atoms with Crippen molar-refractivity contribution in [3.63, 3.8) is 0 Å². The second kappa shape index (κ2) is 9.12. The van der Waals surface area contributed by atoms with E-state index in [0.717, 1.165) is 10.7 Å². The maximum absolute atomic E-state index is 11.1. The molecule has 0 spiro atoms. The number of thiazole rings is 1.